The topological polar surface area (TPSA) is 118 Å². The van der Waals surface area contributed by atoms with Crippen LogP contribution in [0.2, 0.25) is 0 Å². The Labute approximate surface area is 138 Å². The van der Waals surface area contributed by atoms with Gasteiger partial charge >= 0.3 is 0 Å². The average molecular weight is 344 g/mol. The first-order chi connectivity index (χ1) is 11.9. The van der Waals surface area contributed by atoms with E-state index in [2.05, 4.69) is 15.3 Å². The minimum absolute atomic E-state index is 0.0348. The standard InChI is InChI=1S/C16H10F2N4O3/c17-9-6-10(18)12(5-8(9)14(19)23)22-15(24)11-2-1-7-3-4-20-16(25)13(7)21-11/h1-6H,(H2,19,23)(H,20,25)(H,22,24). The highest BCUT2D eigenvalue weighted by atomic mass is 19.1. The largest absolute Gasteiger partial charge is 0.366 e. The zero-order chi connectivity index (χ0) is 18.1. The molecule has 4 N–H and O–H groups in total. The highest BCUT2D eigenvalue weighted by molar-refractivity contribution is 6.05. The minimum atomic E-state index is -1.14. The number of primary amides is 1. The second-order valence-corrected chi connectivity index (χ2v) is 5.07. The van der Waals surface area contributed by atoms with E-state index in [9.17, 15) is 23.2 Å². The number of carbonyl (C=O) groups is 2. The molecule has 0 atom stereocenters. The molecule has 9 heteroatoms. The number of halogens is 2. The average Bonchev–Trinajstić information content (AvgIpc) is 2.57. The molecule has 0 aliphatic carbocycles. The van der Waals surface area contributed by atoms with Gasteiger partial charge in [-0.2, -0.15) is 0 Å². The van der Waals surface area contributed by atoms with Crippen molar-refractivity contribution in [2.75, 3.05) is 5.32 Å². The summed E-state index contributed by atoms with van der Waals surface area (Å²) in [6.07, 6.45) is 1.44. The van der Waals surface area contributed by atoms with Crippen molar-refractivity contribution >= 4 is 28.4 Å². The first kappa shape index (κ1) is 16.2. The summed E-state index contributed by atoms with van der Waals surface area (Å²) in [6, 6.07) is 5.67. The van der Waals surface area contributed by atoms with Crippen molar-refractivity contribution in [3.8, 4) is 0 Å². The predicted molar refractivity (Wildman–Crippen MR) is 85.2 cm³/mol. The van der Waals surface area contributed by atoms with E-state index < -0.39 is 40.3 Å². The van der Waals surface area contributed by atoms with Gasteiger partial charge in [-0.1, -0.05) is 6.07 Å². The number of carbonyl (C=O) groups excluding carboxylic acids is 2. The van der Waals surface area contributed by atoms with Crippen molar-refractivity contribution in [3.05, 3.63) is 69.8 Å². The third kappa shape index (κ3) is 3.07. The molecule has 2 amide bonds. The van der Waals surface area contributed by atoms with E-state index in [1.807, 2.05) is 0 Å². The summed E-state index contributed by atoms with van der Waals surface area (Å²) in [6.45, 7) is 0. The second kappa shape index (κ2) is 6.11. The van der Waals surface area contributed by atoms with Gasteiger partial charge in [0.15, 0.2) is 0 Å². The van der Waals surface area contributed by atoms with Crippen LogP contribution in [0.3, 0.4) is 0 Å². The Hall–Kier alpha value is -3.62. The van der Waals surface area contributed by atoms with Gasteiger partial charge in [0.1, 0.15) is 22.8 Å². The Morgan fingerprint density at radius 3 is 2.60 bits per heavy atom. The number of amides is 2. The SMILES string of the molecule is NC(=O)c1cc(NC(=O)c2ccc3cc[nH]c(=O)c3n2)c(F)cc1F. The van der Waals surface area contributed by atoms with E-state index in [0.29, 0.717) is 11.5 Å². The maximum absolute atomic E-state index is 13.8. The predicted octanol–water partition coefficient (Wildman–Crippen LogP) is 1.55. The molecule has 0 aliphatic heterocycles. The Morgan fingerprint density at radius 1 is 1.12 bits per heavy atom. The fourth-order valence-corrected chi connectivity index (χ4v) is 2.21. The molecule has 0 fully saturated rings. The van der Waals surface area contributed by atoms with Crippen LogP contribution in [0.25, 0.3) is 10.9 Å². The molecule has 25 heavy (non-hydrogen) atoms. The number of hydrogen-bond donors (Lipinski definition) is 3. The van der Waals surface area contributed by atoms with E-state index in [1.54, 1.807) is 6.07 Å². The van der Waals surface area contributed by atoms with Crippen LogP contribution in [0, 0.1) is 11.6 Å². The van der Waals surface area contributed by atoms with Gasteiger partial charge in [0.2, 0.25) is 0 Å². The third-order valence-corrected chi connectivity index (χ3v) is 3.42. The number of fused-ring (bicyclic) bond motifs is 1. The Kier molecular flexibility index (Phi) is 3.97. The number of aromatic amines is 1. The zero-order valence-corrected chi connectivity index (χ0v) is 12.5. The van der Waals surface area contributed by atoms with E-state index in [1.165, 1.54) is 18.3 Å². The molecule has 0 saturated carbocycles. The lowest BCUT2D eigenvalue weighted by Gasteiger charge is -2.08. The smallest absolute Gasteiger partial charge is 0.274 e. The maximum atomic E-state index is 13.8. The van der Waals surface area contributed by atoms with Crippen LogP contribution in [0.15, 0.2) is 41.3 Å². The Morgan fingerprint density at radius 2 is 1.88 bits per heavy atom. The van der Waals surface area contributed by atoms with Gasteiger partial charge in [0.05, 0.1) is 11.3 Å². The van der Waals surface area contributed by atoms with E-state index >= 15 is 0 Å². The van der Waals surface area contributed by atoms with Crippen LogP contribution < -0.4 is 16.6 Å². The monoisotopic (exact) mass is 344 g/mol. The molecule has 3 rings (SSSR count). The Balaban J connectivity index is 1.98. The Bertz CT molecular complexity index is 1080. The molecule has 3 aromatic rings. The van der Waals surface area contributed by atoms with Crippen molar-refractivity contribution in [3.63, 3.8) is 0 Å². The number of nitrogens with two attached hydrogens (primary N) is 1. The molecule has 2 aromatic heterocycles. The quantitative estimate of drug-likeness (QED) is 0.668. The second-order valence-electron chi connectivity index (χ2n) is 5.07. The lowest BCUT2D eigenvalue weighted by Crippen LogP contribution is -2.18. The molecule has 0 radical (unpaired) electrons. The van der Waals surface area contributed by atoms with E-state index in [0.717, 1.165) is 6.07 Å². The van der Waals surface area contributed by atoms with Crippen molar-refractivity contribution in [2.45, 2.75) is 0 Å². The number of aromatic nitrogens is 2. The molecule has 1 aromatic carbocycles. The number of benzene rings is 1. The summed E-state index contributed by atoms with van der Waals surface area (Å²) < 4.78 is 27.3. The number of nitrogens with one attached hydrogen (secondary N) is 2. The number of rotatable bonds is 3. The number of nitrogens with zero attached hydrogens (tertiary/aromatic N) is 1. The molecule has 7 nitrogen and oxygen atoms in total. The summed E-state index contributed by atoms with van der Waals surface area (Å²) in [5.41, 5.74) is 3.37. The van der Waals surface area contributed by atoms with Crippen LogP contribution in [0.1, 0.15) is 20.8 Å². The molecule has 126 valence electrons. The lowest BCUT2D eigenvalue weighted by molar-refractivity contribution is 0.0992. The maximum Gasteiger partial charge on any atom is 0.274 e. The molecular weight excluding hydrogens is 334 g/mol. The van der Waals surface area contributed by atoms with Gasteiger partial charge < -0.3 is 16.0 Å². The van der Waals surface area contributed by atoms with Gasteiger partial charge in [0, 0.05) is 17.6 Å². The van der Waals surface area contributed by atoms with Crippen LogP contribution in [-0.4, -0.2) is 21.8 Å². The van der Waals surface area contributed by atoms with Crippen LogP contribution >= 0.6 is 0 Å². The van der Waals surface area contributed by atoms with Crippen molar-refractivity contribution in [1.29, 1.82) is 0 Å². The highest BCUT2D eigenvalue weighted by Gasteiger charge is 2.17. The normalized spacial score (nSPS) is 10.6. The minimum Gasteiger partial charge on any atom is -0.366 e. The van der Waals surface area contributed by atoms with Crippen molar-refractivity contribution in [1.82, 2.24) is 9.97 Å². The van der Waals surface area contributed by atoms with Gasteiger partial charge in [-0.3, -0.25) is 14.4 Å². The van der Waals surface area contributed by atoms with Gasteiger partial charge in [-0.15, -0.1) is 0 Å². The summed E-state index contributed by atoms with van der Waals surface area (Å²) >= 11 is 0. The van der Waals surface area contributed by atoms with Gasteiger partial charge in [0.25, 0.3) is 17.4 Å². The number of hydrogen-bond acceptors (Lipinski definition) is 4. The number of anilines is 1. The first-order valence-electron chi connectivity index (χ1n) is 6.95. The summed E-state index contributed by atoms with van der Waals surface area (Å²) in [4.78, 5) is 41.4. The molecule has 2 heterocycles. The van der Waals surface area contributed by atoms with Crippen LogP contribution in [0.4, 0.5) is 14.5 Å². The number of pyridine rings is 2. The molecular formula is C16H10F2N4O3. The van der Waals surface area contributed by atoms with E-state index in [4.69, 9.17) is 5.73 Å². The first-order valence-corrected chi connectivity index (χ1v) is 6.95. The van der Waals surface area contributed by atoms with Crippen molar-refractivity contribution in [2.24, 2.45) is 5.73 Å². The highest BCUT2D eigenvalue weighted by Crippen LogP contribution is 2.20. The molecule has 0 saturated heterocycles. The summed E-state index contributed by atoms with van der Waals surface area (Å²) in [5.74, 6) is -4.18. The third-order valence-electron chi connectivity index (χ3n) is 3.42. The van der Waals surface area contributed by atoms with Crippen LogP contribution in [-0.2, 0) is 0 Å². The zero-order valence-electron chi connectivity index (χ0n) is 12.5. The molecule has 0 spiro atoms. The fourth-order valence-electron chi connectivity index (χ4n) is 2.21. The van der Waals surface area contributed by atoms with E-state index in [-0.39, 0.29) is 11.2 Å². The summed E-state index contributed by atoms with van der Waals surface area (Å²) in [7, 11) is 0. The molecule has 0 aliphatic rings. The fraction of sp³-hybridized carbons (Fsp3) is 0. The van der Waals surface area contributed by atoms with Crippen molar-refractivity contribution < 1.29 is 18.4 Å². The van der Waals surface area contributed by atoms with Gasteiger partial charge in [-0.25, -0.2) is 13.8 Å². The molecule has 0 bridgehead atoms. The van der Waals surface area contributed by atoms with Gasteiger partial charge in [-0.05, 0) is 18.2 Å². The molecule has 0 unspecified atom stereocenters. The lowest BCUT2D eigenvalue weighted by atomic mass is 10.1. The van der Waals surface area contributed by atoms with Crippen LogP contribution in [0.5, 0.6) is 0 Å². The summed E-state index contributed by atoms with van der Waals surface area (Å²) in [5, 5.41) is 2.69. The number of H-pyrrole nitrogens is 1.